The monoisotopic (exact) mass is 495 g/mol. The van der Waals surface area contributed by atoms with Crippen molar-refractivity contribution in [3.05, 3.63) is 58.1 Å². The quantitative estimate of drug-likeness (QED) is 0.450. The van der Waals surface area contributed by atoms with Crippen LogP contribution in [0.1, 0.15) is 59.5 Å². The van der Waals surface area contributed by atoms with Gasteiger partial charge in [-0.15, -0.1) is 11.3 Å². The summed E-state index contributed by atoms with van der Waals surface area (Å²) in [4.78, 5) is 21.5. The normalized spacial score (nSPS) is 18.7. The molecule has 0 radical (unpaired) electrons. The molecule has 3 aromatic heterocycles. The number of fused-ring (bicyclic) bond motifs is 1. The average molecular weight is 496 g/mol. The minimum atomic E-state index is -0.103. The van der Waals surface area contributed by atoms with Crippen LogP contribution in [0.5, 0.6) is 0 Å². The number of carbonyl (C=O) groups is 1. The van der Waals surface area contributed by atoms with E-state index in [1.807, 2.05) is 24.3 Å². The van der Waals surface area contributed by atoms with Crippen LogP contribution in [0.15, 0.2) is 44.4 Å². The van der Waals surface area contributed by atoms with E-state index in [4.69, 9.17) is 18.6 Å². The molecule has 0 bridgehead atoms. The van der Waals surface area contributed by atoms with Gasteiger partial charge in [0.1, 0.15) is 16.5 Å². The maximum absolute atomic E-state index is 13.3. The molecule has 1 aliphatic heterocycles. The van der Waals surface area contributed by atoms with Crippen LogP contribution in [0.25, 0.3) is 0 Å². The van der Waals surface area contributed by atoms with Gasteiger partial charge in [-0.25, -0.2) is 4.99 Å². The van der Waals surface area contributed by atoms with Gasteiger partial charge in [-0.3, -0.25) is 4.79 Å². The molecule has 1 fully saturated rings. The number of aliphatic imine (C=N–C) groups is 1. The maximum Gasteiger partial charge on any atom is 0.255 e. The zero-order valence-electron chi connectivity index (χ0n) is 20.6. The Morgan fingerprint density at radius 2 is 2.09 bits per heavy atom. The van der Waals surface area contributed by atoms with Crippen molar-refractivity contribution in [3.63, 3.8) is 0 Å². The van der Waals surface area contributed by atoms with Crippen LogP contribution in [0.3, 0.4) is 0 Å². The number of morpholine rings is 1. The molecule has 186 valence electrons. The van der Waals surface area contributed by atoms with Gasteiger partial charge in [-0.05, 0) is 54.4 Å². The Bertz CT molecular complexity index is 1180. The van der Waals surface area contributed by atoms with Crippen molar-refractivity contribution in [2.45, 2.75) is 46.6 Å². The number of ether oxygens (including phenoxy) is 1. The van der Waals surface area contributed by atoms with Crippen LogP contribution in [-0.2, 0) is 24.1 Å². The second-order valence-electron chi connectivity index (χ2n) is 10.3. The number of rotatable bonds is 6. The predicted octanol–water partition coefficient (Wildman–Crippen LogP) is 5.60. The molecule has 3 aromatic rings. The van der Waals surface area contributed by atoms with Crippen LogP contribution in [0, 0.1) is 11.3 Å². The number of carbonyl (C=O) groups excluding carboxylic acids is 1. The highest BCUT2D eigenvalue weighted by atomic mass is 32.1. The number of anilines is 1. The number of nitrogens with zero attached hydrogens (tertiary/aromatic N) is 2. The summed E-state index contributed by atoms with van der Waals surface area (Å²) in [7, 11) is 0. The van der Waals surface area contributed by atoms with E-state index >= 15 is 0 Å². The van der Waals surface area contributed by atoms with E-state index in [0.29, 0.717) is 37.0 Å². The summed E-state index contributed by atoms with van der Waals surface area (Å²) in [5.74, 6) is 2.71. The Labute approximate surface area is 210 Å². The van der Waals surface area contributed by atoms with Crippen molar-refractivity contribution >= 4 is 34.3 Å². The number of thiophene rings is 1. The Kier molecular flexibility index (Phi) is 6.84. The molecule has 5 rings (SSSR count). The molecule has 1 aliphatic carbocycles. The fourth-order valence-corrected chi connectivity index (χ4v) is 6.06. The summed E-state index contributed by atoms with van der Waals surface area (Å²) in [5.41, 5.74) is 2.07. The van der Waals surface area contributed by atoms with Crippen molar-refractivity contribution < 1.29 is 18.4 Å². The molecule has 1 saturated heterocycles. The third-order valence-corrected chi connectivity index (χ3v) is 8.11. The van der Waals surface area contributed by atoms with E-state index in [1.165, 1.54) is 4.88 Å². The zero-order chi connectivity index (χ0) is 24.4. The first-order valence-electron chi connectivity index (χ1n) is 12.3. The third-order valence-electron chi connectivity index (χ3n) is 6.95. The fourth-order valence-electron chi connectivity index (χ4n) is 4.79. The highest BCUT2D eigenvalue weighted by Crippen LogP contribution is 2.45. The molecule has 35 heavy (non-hydrogen) atoms. The highest BCUT2D eigenvalue weighted by molar-refractivity contribution is 7.16. The predicted molar refractivity (Wildman–Crippen MR) is 138 cm³/mol. The standard InChI is InChI=1S/C27H33N3O4S/c1-27(2,3)18-6-8-21-22(15-18)35-26(24(21)25(31)28-16-19-5-4-12-33-19)29-17-20-7-9-23(34-20)30-10-13-32-14-11-30/h4-5,7,9,12,17-18H,6,8,10-11,13-16H2,1-3H3,(H,28,31)/t18-/m0/s1. The van der Waals surface area contributed by atoms with Crippen LogP contribution in [-0.4, -0.2) is 38.4 Å². The number of furan rings is 2. The summed E-state index contributed by atoms with van der Waals surface area (Å²) in [6.45, 7) is 10.3. The summed E-state index contributed by atoms with van der Waals surface area (Å²) < 4.78 is 16.8. The van der Waals surface area contributed by atoms with E-state index in [2.05, 4.69) is 31.0 Å². The van der Waals surface area contributed by atoms with E-state index < -0.39 is 0 Å². The topological polar surface area (TPSA) is 80.2 Å². The van der Waals surface area contributed by atoms with Crippen molar-refractivity contribution in [2.24, 2.45) is 16.3 Å². The third kappa shape index (κ3) is 5.38. The van der Waals surface area contributed by atoms with Gasteiger partial charge < -0.3 is 23.8 Å². The Hall–Kier alpha value is -2.84. The maximum atomic E-state index is 13.3. The molecular formula is C27H33N3O4S. The van der Waals surface area contributed by atoms with Gasteiger partial charge in [0.05, 0.1) is 37.8 Å². The molecule has 2 aliphatic rings. The van der Waals surface area contributed by atoms with Crippen LogP contribution in [0.4, 0.5) is 10.9 Å². The Balaban J connectivity index is 1.40. The largest absolute Gasteiger partial charge is 0.467 e. The van der Waals surface area contributed by atoms with E-state index in [9.17, 15) is 4.79 Å². The number of nitrogens with one attached hydrogen (secondary N) is 1. The van der Waals surface area contributed by atoms with E-state index in [1.54, 1.807) is 23.8 Å². The van der Waals surface area contributed by atoms with E-state index in [-0.39, 0.29) is 11.3 Å². The lowest BCUT2D eigenvalue weighted by Crippen LogP contribution is -2.35. The molecule has 7 nitrogen and oxygen atoms in total. The smallest absolute Gasteiger partial charge is 0.255 e. The lowest BCUT2D eigenvalue weighted by molar-refractivity contribution is 0.0947. The molecule has 0 saturated carbocycles. The number of hydrogen-bond donors (Lipinski definition) is 1. The van der Waals surface area contributed by atoms with Crippen molar-refractivity contribution in [2.75, 3.05) is 31.2 Å². The van der Waals surface area contributed by atoms with Crippen molar-refractivity contribution in [1.82, 2.24) is 5.32 Å². The van der Waals surface area contributed by atoms with Crippen molar-refractivity contribution in [3.8, 4) is 0 Å². The van der Waals surface area contributed by atoms with Gasteiger partial charge in [-0.2, -0.15) is 0 Å². The molecule has 0 aromatic carbocycles. The molecular weight excluding hydrogens is 462 g/mol. The molecule has 8 heteroatoms. The average Bonchev–Trinajstić information content (AvgIpc) is 3.60. The van der Waals surface area contributed by atoms with Crippen LogP contribution >= 0.6 is 11.3 Å². The first-order chi connectivity index (χ1) is 16.9. The van der Waals surface area contributed by atoms with Crippen LogP contribution in [0.2, 0.25) is 0 Å². The van der Waals surface area contributed by atoms with Crippen molar-refractivity contribution in [1.29, 1.82) is 0 Å². The molecule has 1 N–H and O–H groups in total. The van der Waals surface area contributed by atoms with Gasteiger partial charge in [0.25, 0.3) is 5.91 Å². The van der Waals surface area contributed by atoms with Gasteiger partial charge in [0, 0.05) is 24.0 Å². The summed E-state index contributed by atoms with van der Waals surface area (Å²) in [6.07, 6.45) is 6.31. The van der Waals surface area contributed by atoms with Gasteiger partial charge in [0.2, 0.25) is 0 Å². The fraction of sp³-hybridized carbons (Fsp3) is 0.481. The Morgan fingerprint density at radius 3 is 2.83 bits per heavy atom. The first-order valence-corrected chi connectivity index (χ1v) is 13.1. The summed E-state index contributed by atoms with van der Waals surface area (Å²) >= 11 is 1.64. The van der Waals surface area contributed by atoms with Gasteiger partial charge in [-0.1, -0.05) is 20.8 Å². The summed E-state index contributed by atoms with van der Waals surface area (Å²) in [6, 6.07) is 7.58. The molecule has 0 unspecified atom stereocenters. The lowest BCUT2D eigenvalue weighted by Gasteiger charge is -2.33. The number of hydrogen-bond acceptors (Lipinski definition) is 7. The Morgan fingerprint density at radius 1 is 1.26 bits per heavy atom. The molecule has 1 amide bonds. The van der Waals surface area contributed by atoms with Gasteiger partial charge >= 0.3 is 0 Å². The second-order valence-corrected chi connectivity index (χ2v) is 11.4. The summed E-state index contributed by atoms with van der Waals surface area (Å²) in [5, 5.41) is 3.76. The van der Waals surface area contributed by atoms with E-state index in [0.717, 1.165) is 54.6 Å². The zero-order valence-corrected chi connectivity index (χ0v) is 21.5. The SMILES string of the molecule is CC(C)(C)[C@H]1CCc2c(sc(N=Cc3ccc(N4CCOCC4)o3)c2C(=O)NCc2ccco2)C1. The first kappa shape index (κ1) is 23.9. The second kappa shape index (κ2) is 10.0. The lowest BCUT2D eigenvalue weighted by atomic mass is 9.72. The highest BCUT2D eigenvalue weighted by Gasteiger charge is 2.33. The van der Waals surface area contributed by atoms with Gasteiger partial charge in [0.15, 0.2) is 5.88 Å². The minimum Gasteiger partial charge on any atom is -0.467 e. The molecule has 1 atom stereocenters. The number of amides is 1. The molecule has 4 heterocycles. The minimum absolute atomic E-state index is 0.103. The van der Waals surface area contributed by atoms with Crippen LogP contribution < -0.4 is 10.2 Å². The molecule has 0 spiro atoms.